The number of rotatable bonds is 5. The van der Waals surface area contributed by atoms with E-state index in [1.807, 2.05) is 0 Å². The Morgan fingerprint density at radius 2 is 1.94 bits per heavy atom. The van der Waals surface area contributed by atoms with Crippen LogP contribution in [0.5, 0.6) is 5.75 Å². The Bertz CT molecular complexity index is 1280. The summed E-state index contributed by atoms with van der Waals surface area (Å²) in [6.45, 7) is 0. The molecule has 2 saturated heterocycles. The Labute approximate surface area is 196 Å². The average Bonchev–Trinajstić information content (AvgIpc) is 3.59. The van der Waals surface area contributed by atoms with Crippen LogP contribution in [0.25, 0.3) is 22.5 Å². The molecule has 3 aliphatic rings. The van der Waals surface area contributed by atoms with Gasteiger partial charge in [-0.25, -0.2) is 14.4 Å². The van der Waals surface area contributed by atoms with Gasteiger partial charge in [-0.15, -0.1) is 0 Å². The van der Waals surface area contributed by atoms with Crippen molar-refractivity contribution in [3.8, 4) is 28.3 Å². The van der Waals surface area contributed by atoms with Gasteiger partial charge in [-0.3, -0.25) is 9.78 Å². The highest BCUT2D eigenvalue weighted by Gasteiger charge is 2.48. The first-order chi connectivity index (χ1) is 16.5. The van der Waals surface area contributed by atoms with Crippen molar-refractivity contribution < 1.29 is 9.50 Å². The summed E-state index contributed by atoms with van der Waals surface area (Å²) in [5, 5.41) is 14.1. The molecule has 34 heavy (non-hydrogen) atoms. The Kier molecular flexibility index (Phi) is 5.09. The van der Waals surface area contributed by atoms with Gasteiger partial charge < -0.3 is 19.9 Å². The highest BCUT2D eigenvalue weighted by atomic mass is 19.1. The van der Waals surface area contributed by atoms with Gasteiger partial charge in [0.05, 0.1) is 36.2 Å². The van der Waals surface area contributed by atoms with Crippen LogP contribution in [0.15, 0.2) is 47.8 Å². The summed E-state index contributed by atoms with van der Waals surface area (Å²) < 4.78 is 16.7. The zero-order valence-corrected chi connectivity index (χ0v) is 18.9. The molecule has 6 rings (SSSR count). The van der Waals surface area contributed by atoms with E-state index in [-0.39, 0.29) is 23.4 Å². The maximum atomic E-state index is 15.3. The van der Waals surface area contributed by atoms with Crippen LogP contribution in [0.4, 0.5) is 10.2 Å². The second-order valence-corrected chi connectivity index (χ2v) is 9.65. The molecule has 0 radical (unpaired) electrons. The number of fused-ring (bicyclic) bond motifs is 2. The van der Waals surface area contributed by atoms with Crippen LogP contribution in [0.1, 0.15) is 32.1 Å². The minimum Gasteiger partial charge on any atom is -0.507 e. The van der Waals surface area contributed by atoms with Crippen molar-refractivity contribution in [2.45, 2.75) is 62.4 Å². The normalized spacial score (nSPS) is 25.9. The molecular weight excluding hydrogens is 435 g/mol. The molecule has 8 nitrogen and oxygen atoms in total. The number of nitrogens with zero attached hydrogens (tertiary/aromatic N) is 5. The molecular formula is C25H27FN6O2. The standard InChI is InChI=1S/C25H27FN6O2/c1-31-13-29-19(10-24(31)34)14-2-6-17(22(33)8-14)20-11-28-23(12-27-20)32(16-4-5-16)21-9-15-3-7-18(30-15)25(21)26/h2,6,8,10-13,15-16,18,21,25,30,33H,3-5,7,9H2,1H3/t15?,18?,21-,25+/m1/s1. The molecule has 9 heteroatoms. The van der Waals surface area contributed by atoms with Crippen molar-refractivity contribution in [1.29, 1.82) is 0 Å². The molecule has 176 valence electrons. The smallest absolute Gasteiger partial charge is 0.253 e. The molecule has 2 bridgehead atoms. The van der Waals surface area contributed by atoms with E-state index >= 15 is 4.39 Å². The minimum atomic E-state index is -0.916. The van der Waals surface area contributed by atoms with E-state index < -0.39 is 6.17 Å². The third-order valence-electron chi connectivity index (χ3n) is 7.30. The number of aromatic nitrogens is 4. The van der Waals surface area contributed by atoms with Crippen molar-refractivity contribution >= 4 is 5.82 Å². The number of anilines is 1. The first-order valence-electron chi connectivity index (χ1n) is 11.8. The van der Waals surface area contributed by atoms with Gasteiger partial charge in [-0.05, 0) is 44.2 Å². The van der Waals surface area contributed by atoms with Gasteiger partial charge in [0.2, 0.25) is 0 Å². The summed E-state index contributed by atoms with van der Waals surface area (Å²) in [7, 11) is 1.63. The number of phenolic OH excluding ortho intramolecular Hbond substituents is 1. The van der Waals surface area contributed by atoms with Crippen molar-refractivity contribution in [3.05, 3.63) is 53.3 Å². The first kappa shape index (κ1) is 21.2. The average molecular weight is 463 g/mol. The number of piperidine rings is 1. The van der Waals surface area contributed by atoms with Crippen LogP contribution in [-0.4, -0.2) is 55.0 Å². The van der Waals surface area contributed by atoms with Crippen LogP contribution >= 0.6 is 0 Å². The molecule has 1 aliphatic carbocycles. The van der Waals surface area contributed by atoms with Gasteiger partial charge in [0.15, 0.2) is 0 Å². The number of hydrogen-bond donors (Lipinski definition) is 2. The molecule has 4 heterocycles. The van der Waals surface area contributed by atoms with E-state index in [0.29, 0.717) is 40.4 Å². The van der Waals surface area contributed by atoms with Gasteiger partial charge in [-0.1, -0.05) is 6.07 Å². The summed E-state index contributed by atoms with van der Waals surface area (Å²) in [4.78, 5) is 27.5. The Balaban J connectivity index is 1.26. The maximum absolute atomic E-state index is 15.3. The number of phenols is 1. The molecule has 4 atom stereocenters. The lowest BCUT2D eigenvalue weighted by atomic mass is 9.96. The van der Waals surface area contributed by atoms with Gasteiger partial charge in [0, 0.05) is 42.4 Å². The highest BCUT2D eigenvalue weighted by molar-refractivity contribution is 5.72. The number of nitrogens with one attached hydrogen (secondary N) is 1. The molecule has 1 saturated carbocycles. The lowest BCUT2D eigenvalue weighted by Crippen LogP contribution is -2.57. The summed E-state index contributed by atoms with van der Waals surface area (Å²) in [5.41, 5.74) is 2.02. The monoisotopic (exact) mass is 462 g/mol. The number of benzene rings is 1. The zero-order chi connectivity index (χ0) is 23.4. The Morgan fingerprint density at radius 1 is 1.09 bits per heavy atom. The van der Waals surface area contributed by atoms with Crippen LogP contribution in [-0.2, 0) is 7.05 Å². The van der Waals surface area contributed by atoms with Crippen molar-refractivity contribution in [2.24, 2.45) is 7.05 Å². The predicted octanol–water partition coefficient (Wildman–Crippen LogP) is 2.81. The molecule has 3 fully saturated rings. The molecule has 1 aromatic carbocycles. The number of halogens is 1. The van der Waals surface area contributed by atoms with Crippen molar-refractivity contribution in [1.82, 2.24) is 24.8 Å². The van der Waals surface area contributed by atoms with Crippen LogP contribution in [0.3, 0.4) is 0 Å². The largest absolute Gasteiger partial charge is 0.507 e. The molecule has 0 spiro atoms. The van der Waals surface area contributed by atoms with Gasteiger partial charge in [-0.2, -0.15) is 0 Å². The SMILES string of the molecule is Cn1cnc(-c2ccc(-c3cnc(N(C4CC4)[C@@H]4CC5CCC(N5)[C@@H]4F)cn3)c(O)c2)cc1=O. The second-order valence-electron chi connectivity index (χ2n) is 9.65. The van der Waals surface area contributed by atoms with E-state index in [1.165, 1.54) is 17.0 Å². The zero-order valence-electron chi connectivity index (χ0n) is 18.9. The summed E-state index contributed by atoms with van der Waals surface area (Å²) in [5.74, 6) is 0.723. The Hall–Kier alpha value is -3.33. The summed E-state index contributed by atoms with van der Waals surface area (Å²) in [6, 6.07) is 7.00. The fraction of sp³-hybridized carbons (Fsp3) is 0.440. The quantitative estimate of drug-likeness (QED) is 0.602. The van der Waals surface area contributed by atoms with E-state index in [4.69, 9.17) is 0 Å². The third kappa shape index (κ3) is 3.73. The molecule has 2 aliphatic heterocycles. The highest BCUT2D eigenvalue weighted by Crippen LogP contribution is 2.40. The number of alkyl halides is 1. The maximum Gasteiger partial charge on any atom is 0.253 e. The van der Waals surface area contributed by atoms with Crippen molar-refractivity contribution in [3.63, 3.8) is 0 Å². The van der Waals surface area contributed by atoms with E-state index in [9.17, 15) is 9.90 Å². The van der Waals surface area contributed by atoms with Gasteiger partial charge >= 0.3 is 0 Å². The second kappa shape index (κ2) is 8.16. The van der Waals surface area contributed by atoms with Crippen LogP contribution < -0.4 is 15.8 Å². The topological polar surface area (TPSA) is 96.2 Å². The Morgan fingerprint density at radius 3 is 2.65 bits per heavy atom. The van der Waals surface area contributed by atoms with E-state index in [1.54, 1.807) is 37.6 Å². The van der Waals surface area contributed by atoms with E-state index in [2.05, 4.69) is 25.2 Å². The van der Waals surface area contributed by atoms with Crippen molar-refractivity contribution in [2.75, 3.05) is 4.90 Å². The molecule has 2 unspecified atom stereocenters. The number of hydrogen-bond acceptors (Lipinski definition) is 7. The summed E-state index contributed by atoms with van der Waals surface area (Å²) >= 11 is 0. The fourth-order valence-corrected chi connectivity index (χ4v) is 5.35. The fourth-order valence-electron chi connectivity index (χ4n) is 5.35. The third-order valence-corrected chi connectivity index (χ3v) is 7.30. The van der Waals surface area contributed by atoms with Gasteiger partial charge in [0.1, 0.15) is 17.7 Å². The molecule has 3 aromatic rings. The van der Waals surface area contributed by atoms with E-state index in [0.717, 1.165) is 32.1 Å². The lowest BCUT2D eigenvalue weighted by molar-refractivity contribution is 0.171. The number of aryl methyl sites for hydroxylation is 1. The molecule has 2 aromatic heterocycles. The van der Waals surface area contributed by atoms with Gasteiger partial charge in [0.25, 0.3) is 5.56 Å². The number of aromatic hydroxyl groups is 1. The first-order valence-corrected chi connectivity index (χ1v) is 11.8. The lowest BCUT2D eigenvalue weighted by Gasteiger charge is -2.41. The summed E-state index contributed by atoms with van der Waals surface area (Å²) in [6.07, 6.45) is 8.69. The molecule has 0 amide bonds. The predicted molar refractivity (Wildman–Crippen MR) is 126 cm³/mol. The van der Waals surface area contributed by atoms with Crippen LogP contribution in [0, 0.1) is 0 Å². The minimum absolute atomic E-state index is 0.0276. The van der Waals surface area contributed by atoms with Crippen LogP contribution in [0.2, 0.25) is 0 Å². The molecule has 2 N–H and O–H groups in total.